The predicted octanol–water partition coefficient (Wildman–Crippen LogP) is 4.33. The van der Waals surface area contributed by atoms with E-state index < -0.39 is 0 Å². The summed E-state index contributed by atoms with van der Waals surface area (Å²) >= 11 is 0. The normalized spacial score (nSPS) is 12.7. The summed E-state index contributed by atoms with van der Waals surface area (Å²) < 4.78 is 0. The fourth-order valence-electron chi connectivity index (χ4n) is 0.942. The monoisotopic (exact) mass is 205 g/mol. The third-order valence-corrected chi connectivity index (χ3v) is 1.87. The molecule has 0 aliphatic rings. The summed E-state index contributed by atoms with van der Waals surface area (Å²) in [7, 11) is 0. The summed E-state index contributed by atoms with van der Waals surface area (Å²) in [5, 5.41) is 0. The van der Waals surface area contributed by atoms with Gasteiger partial charge in [0.2, 0.25) is 0 Å². The van der Waals surface area contributed by atoms with Gasteiger partial charge in [0.1, 0.15) is 0 Å². The standard InChI is InChI=1S/C14H23N/c1-5-6-11-15-12-10-14(4)9-7-8-13(2)3/h7-10,12H,5-6,11H2,1-4H3. The van der Waals surface area contributed by atoms with Crippen molar-refractivity contribution in [1.29, 1.82) is 0 Å². The molecular formula is C14H23N. The largest absolute Gasteiger partial charge is 0.293 e. The van der Waals surface area contributed by atoms with Crippen molar-refractivity contribution in [1.82, 2.24) is 0 Å². The van der Waals surface area contributed by atoms with Gasteiger partial charge in [-0.2, -0.15) is 0 Å². The first kappa shape index (κ1) is 13.9. The molecule has 0 heterocycles. The first-order chi connectivity index (χ1) is 7.16. The van der Waals surface area contributed by atoms with Crippen LogP contribution in [0.5, 0.6) is 0 Å². The third kappa shape index (κ3) is 10.8. The number of allylic oxidation sites excluding steroid dienone is 6. The van der Waals surface area contributed by atoms with Crippen molar-refractivity contribution < 1.29 is 0 Å². The zero-order chi connectivity index (χ0) is 11.5. The van der Waals surface area contributed by atoms with Gasteiger partial charge in [0.25, 0.3) is 0 Å². The highest BCUT2D eigenvalue weighted by Gasteiger charge is 1.79. The van der Waals surface area contributed by atoms with Crippen molar-refractivity contribution in [2.45, 2.75) is 40.5 Å². The molecule has 0 amide bonds. The smallest absolute Gasteiger partial charge is 0.0389 e. The molecule has 1 heteroatoms. The van der Waals surface area contributed by atoms with Crippen molar-refractivity contribution in [3.8, 4) is 0 Å². The Kier molecular flexibility index (Phi) is 8.75. The van der Waals surface area contributed by atoms with Gasteiger partial charge in [-0.3, -0.25) is 4.99 Å². The Hall–Kier alpha value is -1.11. The molecule has 0 saturated heterocycles. The zero-order valence-electron chi connectivity index (χ0n) is 10.5. The summed E-state index contributed by atoms with van der Waals surface area (Å²) in [5.41, 5.74) is 2.54. The number of aliphatic imine (C=N–C) groups is 1. The van der Waals surface area contributed by atoms with Gasteiger partial charge < -0.3 is 0 Å². The molecule has 0 fully saturated rings. The minimum Gasteiger partial charge on any atom is -0.293 e. The van der Waals surface area contributed by atoms with E-state index in [1.54, 1.807) is 0 Å². The molecule has 0 unspecified atom stereocenters. The molecule has 1 nitrogen and oxygen atoms in total. The Morgan fingerprint density at radius 2 is 1.87 bits per heavy atom. The molecule has 0 atom stereocenters. The van der Waals surface area contributed by atoms with E-state index in [4.69, 9.17) is 0 Å². The van der Waals surface area contributed by atoms with Gasteiger partial charge in [0, 0.05) is 12.8 Å². The Morgan fingerprint density at radius 3 is 2.47 bits per heavy atom. The number of rotatable bonds is 6. The Bertz CT molecular complexity index is 263. The second kappa shape index (κ2) is 9.45. The first-order valence-electron chi connectivity index (χ1n) is 5.65. The average Bonchev–Trinajstić information content (AvgIpc) is 2.17. The molecule has 0 saturated carbocycles. The minimum absolute atomic E-state index is 0.942. The molecule has 0 aromatic carbocycles. The molecule has 0 aromatic rings. The second-order valence-electron chi connectivity index (χ2n) is 3.92. The maximum absolute atomic E-state index is 4.29. The van der Waals surface area contributed by atoms with Crippen LogP contribution in [-0.4, -0.2) is 12.8 Å². The summed E-state index contributed by atoms with van der Waals surface area (Å²) in [4.78, 5) is 4.29. The van der Waals surface area contributed by atoms with Gasteiger partial charge in [0.15, 0.2) is 0 Å². The van der Waals surface area contributed by atoms with E-state index in [9.17, 15) is 0 Å². The molecule has 0 bridgehead atoms. The number of hydrogen-bond donors (Lipinski definition) is 0. The number of unbranched alkanes of at least 4 members (excludes halogenated alkanes) is 1. The van der Waals surface area contributed by atoms with Gasteiger partial charge >= 0.3 is 0 Å². The molecule has 0 aliphatic heterocycles. The van der Waals surface area contributed by atoms with E-state index in [0.717, 1.165) is 6.54 Å². The van der Waals surface area contributed by atoms with Crippen LogP contribution in [0, 0.1) is 0 Å². The Balaban J connectivity index is 3.93. The van der Waals surface area contributed by atoms with Crippen LogP contribution in [0.4, 0.5) is 0 Å². The van der Waals surface area contributed by atoms with Crippen LogP contribution in [0.1, 0.15) is 40.5 Å². The lowest BCUT2D eigenvalue weighted by Gasteiger charge is -1.89. The molecule has 0 rings (SSSR count). The van der Waals surface area contributed by atoms with Gasteiger partial charge in [0.05, 0.1) is 0 Å². The number of nitrogens with zero attached hydrogens (tertiary/aromatic N) is 1. The summed E-state index contributed by atoms with van der Waals surface area (Å²) in [6.45, 7) is 9.39. The Labute approximate surface area is 94.3 Å². The highest BCUT2D eigenvalue weighted by atomic mass is 14.7. The second-order valence-corrected chi connectivity index (χ2v) is 3.92. The highest BCUT2D eigenvalue weighted by molar-refractivity contribution is 5.72. The molecule has 0 spiro atoms. The Morgan fingerprint density at radius 1 is 1.13 bits per heavy atom. The summed E-state index contributed by atoms with van der Waals surface area (Å²) in [6.07, 6.45) is 12.6. The van der Waals surface area contributed by atoms with E-state index in [0.29, 0.717) is 0 Å². The zero-order valence-corrected chi connectivity index (χ0v) is 10.5. The van der Waals surface area contributed by atoms with Gasteiger partial charge in [-0.15, -0.1) is 0 Å². The lowest BCUT2D eigenvalue weighted by Crippen LogP contribution is -1.79. The maximum atomic E-state index is 4.29. The van der Waals surface area contributed by atoms with E-state index in [2.05, 4.69) is 50.9 Å². The molecule has 15 heavy (non-hydrogen) atoms. The van der Waals surface area contributed by atoms with Crippen molar-refractivity contribution in [2.24, 2.45) is 4.99 Å². The SMILES string of the molecule is CCCCN=CC=C(C)C=CC=C(C)C. The van der Waals surface area contributed by atoms with E-state index in [-0.39, 0.29) is 0 Å². The molecule has 0 aromatic heterocycles. The van der Waals surface area contributed by atoms with E-state index >= 15 is 0 Å². The molecular weight excluding hydrogens is 182 g/mol. The van der Waals surface area contributed by atoms with Crippen LogP contribution in [0.15, 0.2) is 40.4 Å². The molecule has 0 radical (unpaired) electrons. The molecule has 84 valence electrons. The van der Waals surface area contributed by atoms with Crippen LogP contribution in [0.25, 0.3) is 0 Å². The predicted molar refractivity (Wildman–Crippen MR) is 70.6 cm³/mol. The lowest BCUT2D eigenvalue weighted by molar-refractivity contribution is 0.810. The lowest BCUT2D eigenvalue weighted by atomic mass is 10.2. The van der Waals surface area contributed by atoms with Crippen LogP contribution >= 0.6 is 0 Å². The molecule has 0 N–H and O–H groups in total. The van der Waals surface area contributed by atoms with Gasteiger partial charge in [-0.25, -0.2) is 0 Å². The van der Waals surface area contributed by atoms with Crippen molar-refractivity contribution in [3.05, 3.63) is 35.5 Å². The fourth-order valence-corrected chi connectivity index (χ4v) is 0.942. The average molecular weight is 205 g/mol. The van der Waals surface area contributed by atoms with Crippen molar-refractivity contribution in [2.75, 3.05) is 6.54 Å². The fraction of sp³-hybridized carbons (Fsp3) is 0.500. The molecule has 0 aliphatic carbocycles. The van der Waals surface area contributed by atoms with Crippen LogP contribution < -0.4 is 0 Å². The van der Waals surface area contributed by atoms with E-state index in [1.165, 1.54) is 24.0 Å². The number of hydrogen-bond acceptors (Lipinski definition) is 1. The van der Waals surface area contributed by atoms with Crippen molar-refractivity contribution >= 4 is 6.21 Å². The van der Waals surface area contributed by atoms with Gasteiger partial charge in [-0.1, -0.05) is 37.1 Å². The van der Waals surface area contributed by atoms with Crippen molar-refractivity contribution in [3.63, 3.8) is 0 Å². The van der Waals surface area contributed by atoms with Crippen LogP contribution in [0.3, 0.4) is 0 Å². The minimum atomic E-state index is 0.942. The topological polar surface area (TPSA) is 12.4 Å². The quantitative estimate of drug-likeness (QED) is 0.348. The van der Waals surface area contributed by atoms with Gasteiger partial charge in [-0.05, 0) is 38.8 Å². The summed E-state index contributed by atoms with van der Waals surface area (Å²) in [5.74, 6) is 0. The maximum Gasteiger partial charge on any atom is 0.0389 e. The third-order valence-electron chi connectivity index (χ3n) is 1.87. The van der Waals surface area contributed by atoms with Crippen LogP contribution in [-0.2, 0) is 0 Å². The van der Waals surface area contributed by atoms with E-state index in [1.807, 2.05) is 12.3 Å². The highest BCUT2D eigenvalue weighted by Crippen LogP contribution is 1.96. The summed E-state index contributed by atoms with van der Waals surface area (Å²) in [6, 6.07) is 0. The van der Waals surface area contributed by atoms with Crippen LogP contribution in [0.2, 0.25) is 0 Å². The first-order valence-corrected chi connectivity index (χ1v) is 5.65.